The molecule has 2 heterocycles. The fraction of sp³-hybridized carbons (Fsp3) is 0.211. The van der Waals surface area contributed by atoms with Crippen LogP contribution in [-0.2, 0) is 16.1 Å². The van der Waals surface area contributed by atoms with E-state index in [-0.39, 0.29) is 12.2 Å². The molecule has 8 heteroatoms. The highest BCUT2D eigenvalue weighted by Gasteiger charge is 2.18. The highest BCUT2D eigenvalue weighted by molar-refractivity contribution is 6.35. The molecule has 0 aliphatic carbocycles. The molecule has 0 bridgehead atoms. The molecule has 27 heavy (non-hydrogen) atoms. The molecule has 0 spiro atoms. The van der Waals surface area contributed by atoms with Crippen molar-refractivity contribution in [2.24, 2.45) is 0 Å². The van der Waals surface area contributed by atoms with Crippen LogP contribution in [0.5, 0.6) is 5.75 Å². The molecule has 0 N–H and O–H groups in total. The number of esters is 1. The Morgan fingerprint density at radius 1 is 1.22 bits per heavy atom. The molecule has 0 fully saturated rings. The third-order valence-electron chi connectivity index (χ3n) is 3.75. The van der Waals surface area contributed by atoms with Crippen LogP contribution in [0.3, 0.4) is 0 Å². The number of carbonyl (C=O) groups excluding carboxylic acids is 1. The predicted octanol–water partition coefficient (Wildman–Crippen LogP) is 3.82. The lowest BCUT2D eigenvalue weighted by molar-refractivity contribution is -0.152. The van der Waals surface area contributed by atoms with Crippen molar-refractivity contribution in [3.63, 3.8) is 0 Å². The topological polar surface area (TPSA) is 69.9 Å². The van der Waals surface area contributed by atoms with E-state index in [1.54, 1.807) is 31.3 Å². The average Bonchev–Trinajstić information content (AvgIpc) is 2.62. The molecule has 0 radical (unpaired) electrons. The van der Waals surface area contributed by atoms with Gasteiger partial charge in [0.1, 0.15) is 18.0 Å². The number of pyridine rings is 1. The summed E-state index contributed by atoms with van der Waals surface area (Å²) in [6.07, 6.45) is 0.805. The Bertz CT molecular complexity index is 1070. The summed E-state index contributed by atoms with van der Waals surface area (Å²) in [6.45, 7) is 3.29. The smallest absolute Gasteiger partial charge is 0.347 e. The lowest BCUT2D eigenvalue weighted by Crippen LogP contribution is -2.26. The van der Waals surface area contributed by atoms with Crippen molar-refractivity contribution in [2.75, 3.05) is 0 Å². The van der Waals surface area contributed by atoms with E-state index in [1.807, 2.05) is 13.0 Å². The standard InChI is InChI=1S/C19H16Cl2N2O4/c1-11-3-6-17-22-14(8-18(24)23(17)9-11)10-26-19(25)12(2)27-16-5-4-13(20)7-15(16)21/h3-9,12H,10H2,1-2H3/t12-/m1/s1. The SMILES string of the molecule is Cc1ccc2nc(COC(=O)[C@@H](C)Oc3ccc(Cl)cc3Cl)cc(=O)n2c1. The number of nitrogens with zero attached hydrogens (tertiary/aromatic N) is 2. The molecular weight excluding hydrogens is 391 g/mol. The van der Waals surface area contributed by atoms with Gasteiger partial charge < -0.3 is 9.47 Å². The van der Waals surface area contributed by atoms with Crippen molar-refractivity contribution in [1.29, 1.82) is 0 Å². The molecule has 140 valence electrons. The molecule has 1 aromatic carbocycles. The van der Waals surface area contributed by atoms with Gasteiger partial charge in [0.2, 0.25) is 0 Å². The molecule has 1 atom stereocenters. The Kier molecular flexibility index (Phi) is 5.68. The number of benzene rings is 1. The zero-order valence-corrected chi connectivity index (χ0v) is 16.1. The van der Waals surface area contributed by atoms with Crippen LogP contribution >= 0.6 is 23.2 Å². The van der Waals surface area contributed by atoms with Gasteiger partial charge in [0.15, 0.2) is 6.10 Å². The molecule has 0 amide bonds. The van der Waals surface area contributed by atoms with Crippen LogP contribution < -0.4 is 10.3 Å². The van der Waals surface area contributed by atoms with Crippen LogP contribution in [0.1, 0.15) is 18.2 Å². The summed E-state index contributed by atoms with van der Waals surface area (Å²) in [5, 5.41) is 0.757. The van der Waals surface area contributed by atoms with Crippen molar-refractivity contribution < 1.29 is 14.3 Å². The molecule has 6 nitrogen and oxygen atoms in total. The quantitative estimate of drug-likeness (QED) is 0.602. The fourth-order valence-electron chi connectivity index (χ4n) is 2.40. The van der Waals surface area contributed by atoms with E-state index in [4.69, 9.17) is 32.7 Å². The summed E-state index contributed by atoms with van der Waals surface area (Å²) in [4.78, 5) is 28.7. The zero-order valence-electron chi connectivity index (χ0n) is 14.6. The molecule has 0 unspecified atom stereocenters. The second kappa shape index (κ2) is 7.98. The Labute approximate surface area is 165 Å². The Balaban J connectivity index is 1.67. The summed E-state index contributed by atoms with van der Waals surface area (Å²) in [5.74, 6) is -0.283. The lowest BCUT2D eigenvalue weighted by Gasteiger charge is -2.15. The number of aromatic nitrogens is 2. The number of rotatable bonds is 5. The highest BCUT2D eigenvalue weighted by atomic mass is 35.5. The zero-order chi connectivity index (χ0) is 19.6. The Hall–Kier alpha value is -2.57. The van der Waals surface area contributed by atoms with Crippen LogP contribution in [0, 0.1) is 6.92 Å². The van der Waals surface area contributed by atoms with Crippen LogP contribution in [0.2, 0.25) is 10.0 Å². The summed E-state index contributed by atoms with van der Waals surface area (Å²) in [6, 6.07) is 9.61. The second-order valence-electron chi connectivity index (χ2n) is 5.96. The molecule has 3 aromatic rings. The number of hydrogen-bond acceptors (Lipinski definition) is 5. The molecule has 0 aliphatic heterocycles. The maximum Gasteiger partial charge on any atom is 0.347 e. The lowest BCUT2D eigenvalue weighted by atomic mass is 10.3. The number of carbonyl (C=O) groups is 1. The van der Waals surface area contributed by atoms with E-state index < -0.39 is 12.1 Å². The van der Waals surface area contributed by atoms with E-state index >= 15 is 0 Å². The second-order valence-corrected chi connectivity index (χ2v) is 6.81. The predicted molar refractivity (Wildman–Crippen MR) is 103 cm³/mol. The maximum absolute atomic E-state index is 12.2. The summed E-state index contributed by atoms with van der Waals surface area (Å²) in [7, 11) is 0. The minimum absolute atomic E-state index is 0.138. The first-order valence-corrected chi connectivity index (χ1v) is 8.86. The fourth-order valence-corrected chi connectivity index (χ4v) is 2.86. The van der Waals surface area contributed by atoms with Crippen molar-refractivity contribution in [1.82, 2.24) is 9.38 Å². The van der Waals surface area contributed by atoms with Crippen molar-refractivity contribution in [3.8, 4) is 5.75 Å². The number of aryl methyl sites for hydroxylation is 1. The molecule has 2 aromatic heterocycles. The van der Waals surface area contributed by atoms with Crippen molar-refractivity contribution in [3.05, 3.63) is 74.3 Å². The minimum atomic E-state index is -0.895. The van der Waals surface area contributed by atoms with Crippen LogP contribution in [-0.4, -0.2) is 21.5 Å². The molecule has 0 saturated heterocycles. The molecule has 3 rings (SSSR count). The number of ether oxygens (including phenoxy) is 2. The van der Waals surface area contributed by atoms with Gasteiger partial charge in [-0.2, -0.15) is 0 Å². The Morgan fingerprint density at radius 3 is 2.74 bits per heavy atom. The van der Waals surface area contributed by atoms with Gasteiger partial charge in [0.25, 0.3) is 5.56 Å². The third-order valence-corrected chi connectivity index (χ3v) is 4.28. The monoisotopic (exact) mass is 406 g/mol. The van der Waals surface area contributed by atoms with Gasteiger partial charge in [-0.3, -0.25) is 9.20 Å². The number of fused-ring (bicyclic) bond motifs is 1. The van der Waals surface area contributed by atoms with Gasteiger partial charge in [0.05, 0.1) is 10.7 Å². The first-order chi connectivity index (χ1) is 12.8. The maximum atomic E-state index is 12.2. The van der Waals surface area contributed by atoms with Gasteiger partial charge in [0, 0.05) is 17.3 Å². The van der Waals surface area contributed by atoms with Crippen molar-refractivity contribution in [2.45, 2.75) is 26.6 Å². The average molecular weight is 407 g/mol. The summed E-state index contributed by atoms with van der Waals surface area (Å²) in [5.41, 5.74) is 1.54. The molecule has 0 saturated carbocycles. The Morgan fingerprint density at radius 2 is 2.00 bits per heavy atom. The van der Waals surface area contributed by atoms with E-state index in [2.05, 4.69) is 4.98 Å². The summed E-state index contributed by atoms with van der Waals surface area (Å²) >= 11 is 11.9. The minimum Gasteiger partial charge on any atom is -0.477 e. The van der Waals surface area contributed by atoms with Crippen LogP contribution in [0.4, 0.5) is 0 Å². The van der Waals surface area contributed by atoms with Gasteiger partial charge in [-0.1, -0.05) is 29.3 Å². The van der Waals surface area contributed by atoms with E-state index in [0.29, 0.717) is 27.1 Å². The van der Waals surface area contributed by atoms with Gasteiger partial charge >= 0.3 is 5.97 Å². The van der Waals surface area contributed by atoms with Gasteiger partial charge in [-0.05, 0) is 43.7 Å². The van der Waals surface area contributed by atoms with Crippen molar-refractivity contribution >= 4 is 34.8 Å². The van der Waals surface area contributed by atoms with Gasteiger partial charge in [-0.15, -0.1) is 0 Å². The number of hydrogen-bond donors (Lipinski definition) is 0. The van der Waals surface area contributed by atoms with E-state index in [0.717, 1.165) is 5.56 Å². The summed E-state index contributed by atoms with van der Waals surface area (Å²) < 4.78 is 12.2. The molecular formula is C19H16Cl2N2O4. The first kappa shape index (κ1) is 19.2. The van der Waals surface area contributed by atoms with Crippen LogP contribution in [0.15, 0.2) is 47.4 Å². The third kappa shape index (κ3) is 4.59. The highest BCUT2D eigenvalue weighted by Crippen LogP contribution is 2.28. The van der Waals surface area contributed by atoms with E-state index in [9.17, 15) is 9.59 Å². The van der Waals surface area contributed by atoms with Gasteiger partial charge in [-0.25, -0.2) is 9.78 Å². The normalized spacial score (nSPS) is 12.0. The van der Waals surface area contributed by atoms with E-state index in [1.165, 1.54) is 16.5 Å². The largest absolute Gasteiger partial charge is 0.477 e. The number of halogens is 2. The molecule has 0 aliphatic rings. The van der Waals surface area contributed by atoms with Crippen LogP contribution in [0.25, 0.3) is 5.65 Å². The first-order valence-electron chi connectivity index (χ1n) is 8.11.